The lowest BCUT2D eigenvalue weighted by Crippen LogP contribution is -2.41. The lowest BCUT2D eigenvalue weighted by Gasteiger charge is -2.34. The highest BCUT2D eigenvalue weighted by Gasteiger charge is 2.43. The van der Waals surface area contributed by atoms with Crippen molar-refractivity contribution in [1.82, 2.24) is 4.98 Å². The average Bonchev–Trinajstić information content (AvgIpc) is 3.38. The van der Waals surface area contributed by atoms with E-state index in [0.717, 1.165) is 37.1 Å². The number of likely N-dealkylation sites (N-methyl/N-ethyl adjacent to an activating group) is 1. The quantitative estimate of drug-likeness (QED) is 0.112. The molecule has 1 N–H and O–H groups in total. The molecule has 1 heterocycles. The molecule has 39 heavy (non-hydrogen) atoms. The number of rotatable bonds is 19. The standard InChI is InChI=1S/C34H53N2O3/c1-7-10-11-12-14-21-30(9-3)34(37,31-22-15-13-16-23-31)33-35-27-32(39-33)28-36(5,6)24-26-38-25-18-17-20-29(4)19-8-2/h8,13,15-20,22-23,27,30,37H,7,9-12,14,21,24-26,28H2,1-6H3/q+1/b18-17+,19-8-,29-20-. The smallest absolute Gasteiger partial charge is 0.231 e. The van der Waals surface area contributed by atoms with Gasteiger partial charge in [-0.15, -0.1) is 0 Å². The number of quaternary nitrogens is 1. The predicted octanol–water partition coefficient (Wildman–Crippen LogP) is 7.97. The van der Waals surface area contributed by atoms with Gasteiger partial charge in [0.1, 0.15) is 13.1 Å². The van der Waals surface area contributed by atoms with Gasteiger partial charge >= 0.3 is 0 Å². The molecule has 0 aliphatic heterocycles. The van der Waals surface area contributed by atoms with Gasteiger partial charge in [0.05, 0.1) is 33.5 Å². The van der Waals surface area contributed by atoms with Crippen LogP contribution in [0.25, 0.3) is 0 Å². The van der Waals surface area contributed by atoms with E-state index in [1.165, 1.54) is 31.3 Å². The molecule has 5 heteroatoms. The second-order valence-corrected chi connectivity index (χ2v) is 11.3. The molecule has 0 fully saturated rings. The Morgan fingerprint density at radius 2 is 1.87 bits per heavy atom. The summed E-state index contributed by atoms with van der Waals surface area (Å²) in [6.07, 6.45) is 19.9. The largest absolute Gasteiger partial charge is 0.436 e. The zero-order chi connectivity index (χ0) is 28.6. The van der Waals surface area contributed by atoms with Crippen LogP contribution in [0.4, 0.5) is 0 Å². The lowest BCUT2D eigenvalue weighted by molar-refractivity contribution is -0.904. The highest BCUT2D eigenvalue weighted by molar-refractivity contribution is 5.30. The van der Waals surface area contributed by atoms with E-state index in [1.807, 2.05) is 55.5 Å². The van der Waals surface area contributed by atoms with Crippen molar-refractivity contribution in [3.63, 3.8) is 0 Å². The normalized spacial score (nSPS) is 15.3. The average molecular weight is 538 g/mol. The third-order valence-electron chi connectivity index (χ3n) is 7.40. The van der Waals surface area contributed by atoms with Gasteiger partial charge in [0, 0.05) is 5.92 Å². The van der Waals surface area contributed by atoms with Gasteiger partial charge in [0.15, 0.2) is 11.4 Å². The van der Waals surface area contributed by atoms with Crippen molar-refractivity contribution in [3.8, 4) is 0 Å². The molecule has 1 aromatic heterocycles. The SMILES string of the molecule is C\C=C/C(C)=C\C=C\COCC[N+](C)(C)Cc1cnc(C(O)(c2ccccc2)C(CC)CCCCCCC)o1. The van der Waals surface area contributed by atoms with Crippen molar-refractivity contribution in [3.05, 3.63) is 89.7 Å². The highest BCUT2D eigenvalue weighted by atomic mass is 16.5. The van der Waals surface area contributed by atoms with E-state index < -0.39 is 5.60 Å². The summed E-state index contributed by atoms with van der Waals surface area (Å²) in [6.45, 7) is 11.3. The first kappa shape index (κ1) is 32.7. The van der Waals surface area contributed by atoms with Gasteiger partial charge < -0.3 is 18.7 Å². The van der Waals surface area contributed by atoms with Crippen LogP contribution in [-0.2, 0) is 16.9 Å². The molecular formula is C34H53N2O3+. The molecule has 0 saturated carbocycles. The number of allylic oxidation sites excluding steroid dienone is 5. The van der Waals surface area contributed by atoms with E-state index >= 15 is 0 Å². The van der Waals surface area contributed by atoms with E-state index in [2.05, 4.69) is 52.0 Å². The molecule has 2 aromatic rings. The number of nitrogens with zero attached hydrogens (tertiary/aromatic N) is 2. The first-order valence-electron chi connectivity index (χ1n) is 14.9. The summed E-state index contributed by atoms with van der Waals surface area (Å²) < 4.78 is 12.9. The molecule has 0 radical (unpaired) electrons. The Kier molecular flexibility index (Phi) is 14.5. The molecule has 2 rings (SSSR count). The molecule has 0 bridgehead atoms. The number of ether oxygens (including phenoxy) is 1. The van der Waals surface area contributed by atoms with Crippen LogP contribution >= 0.6 is 0 Å². The molecule has 0 aliphatic carbocycles. The third-order valence-corrected chi connectivity index (χ3v) is 7.40. The zero-order valence-corrected chi connectivity index (χ0v) is 25.4. The number of hydrogen-bond donors (Lipinski definition) is 1. The van der Waals surface area contributed by atoms with Crippen molar-refractivity contribution in [2.24, 2.45) is 5.92 Å². The van der Waals surface area contributed by atoms with Gasteiger partial charge in [-0.2, -0.15) is 0 Å². The van der Waals surface area contributed by atoms with Crippen LogP contribution < -0.4 is 0 Å². The van der Waals surface area contributed by atoms with Crippen LogP contribution in [0.2, 0.25) is 0 Å². The number of unbranched alkanes of at least 4 members (excludes halogenated alkanes) is 4. The summed E-state index contributed by atoms with van der Waals surface area (Å²) >= 11 is 0. The van der Waals surface area contributed by atoms with Gasteiger partial charge in [0.25, 0.3) is 0 Å². The topological polar surface area (TPSA) is 55.5 Å². The molecule has 1 aromatic carbocycles. The second-order valence-electron chi connectivity index (χ2n) is 11.3. The van der Waals surface area contributed by atoms with Crippen molar-refractivity contribution in [2.45, 2.75) is 84.8 Å². The molecule has 0 spiro atoms. The van der Waals surface area contributed by atoms with Crippen LogP contribution in [0.3, 0.4) is 0 Å². The maximum absolute atomic E-state index is 12.2. The predicted molar refractivity (Wildman–Crippen MR) is 162 cm³/mol. The lowest BCUT2D eigenvalue weighted by atomic mass is 9.76. The number of oxazole rings is 1. The zero-order valence-electron chi connectivity index (χ0n) is 25.4. The summed E-state index contributed by atoms with van der Waals surface area (Å²) in [5, 5.41) is 12.2. The molecule has 216 valence electrons. The monoisotopic (exact) mass is 537 g/mol. The Balaban J connectivity index is 2.05. The molecule has 0 amide bonds. The Hall–Kier alpha value is -2.47. The fourth-order valence-electron chi connectivity index (χ4n) is 5.04. The minimum atomic E-state index is -1.24. The van der Waals surface area contributed by atoms with Crippen molar-refractivity contribution >= 4 is 0 Å². The van der Waals surface area contributed by atoms with Gasteiger partial charge in [0.2, 0.25) is 5.89 Å². The van der Waals surface area contributed by atoms with E-state index in [9.17, 15) is 5.11 Å². The molecule has 2 atom stereocenters. The van der Waals surface area contributed by atoms with E-state index in [1.54, 1.807) is 6.20 Å². The van der Waals surface area contributed by atoms with Gasteiger partial charge in [-0.3, -0.25) is 0 Å². The summed E-state index contributed by atoms with van der Waals surface area (Å²) in [6, 6.07) is 9.93. The number of benzene rings is 1. The fourth-order valence-corrected chi connectivity index (χ4v) is 5.04. The summed E-state index contributed by atoms with van der Waals surface area (Å²) in [5.74, 6) is 1.23. The van der Waals surface area contributed by atoms with Crippen LogP contribution in [0, 0.1) is 5.92 Å². The Labute approximate surface area is 237 Å². The molecule has 2 unspecified atom stereocenters. The van der Waals surface area contributed by atoms with E-state index in [4.69, 9.17) is 9.15 Å². The minimum Gasteiger partial charge on any atom is -0.436 e. The Morgan fingerprint density at radius 3 is 2.56 bits per heavy atom. The first-order valence-corrected chi connectivity index (χ1v) is 14.9. The summed E-state index contributed by atoms with van der Waals surface area (Å²) in [7, 11) is 4.33. The van der Waals surface area contributed by atoms with Gasteiger partial charge in [-0.05, 0) is 32.3 Å². The van der Waals surface area contributed by atoms with Gasteiger partial charge in [-0.25, -0.2) is 4.98 Å². The molecule has 0 saturated heterocycles. The van der Waals surface area contributed by atoms with E-state index in [-0.39, 0.29) is 5.92 Å². The summed E-state index contributed by atoms with van der Waals surface area (Å²) in [4.78, 5) is 4.66. The number of aliphatic hydroxyl groups is 1. The summed E-state index contributed by atoms with van der Waals surface area (Å²) in [5.41, 5.74) is 0.824. The molecule has 5 nitrogen and oxygen atoms in total. The Bertz CT molecular complexity index is 1020. The second kappa shape index (κ2) is 17.3. The molecular weight excluding hydrogens is 484 g/mol. The van der Waals surface area contributed by atoms with Gasteiger partial charge in [-0.1, -0.05) is 112 Å². The minimum absolute atomic E-state index is 0.0357. The van der Waals surface area contributed by atoms with Crippen molar-refractivity contribution < 1.29 is 18.7 Å². The molecule has 0 aliphatic rings. The van der Waals surface area contributed by atoms with Crippen LogP contribution in [0.1, 0.15) is 89.9 Å². The number of hydrogen-bond acceptors (Lipinski definition) is 4. The van der Waals surface area contributed by atoms with Crippen LogP contribution in [0.5, 0.6) is 0 Å². The number of aromatic nitrogens is 1. The maximum Gasteiger partial charge on any atom is 0.231 e. The fraction of sp³-hybridized carbons (Fsp3) is 0.559. The first-order chi connectivity index (χ1) is 18.8. The van der Waals surface area contributed by atoms with Crippen molar-refractivity contribution in [1.29, 1.82) is 0 Å². The van der Waals surface area contributed by atoms with E-state index in [0.29, 0.717) is 30.1 Å². The Morgan fingerprint density at radius 1 is 1.13 bits per heavy atom. The van der Waals surface area contributed by atoms with Crippen LogP contribution in [-0.4, -0.2) is 48.4 Å². The highest BCUT2D eigenvalue weighted by Crippen LogP contribution is 2.41. The van der Waals surface area contributed by atoms with Crippen LogP contribution in [0.15, 0.2) is 76.9 Å². The third kappa shape index (κ3) is 10.9. The van der Waals surface area contributed by atoms with Crippen molar-refractivity contribution in [2.75, 3.05) is 33.9 Å². The maximum atomic E-state index is 12.2.